The first-order valence-electron chi connectivity index (χ1n) is 10.3. The van der Waals surface area contributed by atoms with Crippen molar-refractivity contribution in [3.05, 3.63) is 82.5 Å². The van der Waals surface area contributed by atoms with Gasteiger partial charge in [0.1, 0.15) is 30.4 Å². The molecule has 0 N–H and O–H groups in total. The summed E-state index contributed by atoms with van der Waals surface area (Å²) in [4.78, 5) is 13.4. The highest BCUT2D eigenvalue weighted by atomic mass is 19.1. The average Bonchev–Trinajstić information content (AvgIpc) is 3.54. The predicted octanol–water partition coefficient (Wildman–Crippen LogP) is 4.64. The maximum atomic E-state index is 13.5. The molecule has 0 saturated carbocycles. The normalized spacial score (nSPS) is 13.9. The molecule has 0 fully saturated rings. The third kappa shape index (κ3) is 5.31. The van der Waals surface area contributed by atoms with Crippen molar-refractivity contribution in [3.63, 3.8) is 0 Å². The quantitative estimate of drug-likeness (QED) is 0.297. The average molecular weight is 468 g/mol. The first-order valence-corrected chi connectivity index (χ1v) is 10.3. The zero-order valence-electron chi connectivity index (χ0n) is 18.4. The lowest BCUT2D eigenvalue weighted by Crippen LogP contribution is -2.08. The minimum atomic E-state index is -0.528. The van der Waals surface area contributed by atoms with Crippen molar-refractivity contribution in [3.8, 4) is 28.8 Å². The SMILES string of the molecule is CC1Cn2cc([N+](=O)[O-])nc2O1.COc1ccc(-c2cc(COc3ccccc3F)on2)cc1. The van der Waals surface area contributed by atoms with Gasteiger partial charge in [0.05, 0.1) is 13.7 Å². The fourth-order valence-corrected chi connectivity index (χ4v) is 3.18. The molecule has 0 amide bonds. The van der Waals surface area contributed by atoms with Gasteiger partial charge in [0.2, 0.25) is 0 Å². The Hall–Kier alpha value is -4.41. The van der Waals surface area contributed by atoms with E-state index in [0.717, 1.165) is 11.3 Å². The van der Waals surface area contributed by atoms with Crippen LogP contribution in [0.3, 0.4) is 0 Å². The van der Waals surface area contributed by atoms with Crippen molar-refractivity contribution in [1.82, 2.24) is 14.7 Å². The van der Waals surface area contributed by atoms with Gasteiger partial charge in [0, 0.05) is 16.6 Å². The highest BCUT2D eigenvalue weighted by Gasteiger charge is 2.28. The molecule has 0 bridgehead atoms. The molecule has 0 radical (unpaired) electrons. The van der Waals surface area contributed by atoms with E-state index in [-0.39, 0.29) is 24.3 Å². The number of ether oxygens (including phenoxy) is 3. The minimum Gasteiger partial charge on any atom is -0.497 e. The Morgan fingerprint density at radius 2 is 2.00 bits per heavy atom. The molecule has 2 aromatic carbocycles. The van der Waals surface area contributed by atoms with Gasteiger partial charge in [0.15, 0.2) is 17.3 Å². The molecule has 1 unspecified atom stereocenters. The number of nitrogens with zero attached hydrogens (tertiary/aromatic N) is 4. The summed E-state index contributed by atoms with van der Waals surface area (Å²) in [6, 6.07) is 15.8. The molecule has 11 heteroatoms. The Bertz CT molecular complexity index is 1250. The molecule has 176 valence electrons. The van der Waals surface area contributed by atoms with E-state index in [4.69, 9.17) is 18.7 Å². The number of hydrogen-bond acceptors (Lipinski definition) is 8. The lowest BCUT2D eigenvalue weighted by Gasteiger charge is -2.03. The van der Waals surface area contributed by atoms with Crippen molar-refractivity contribution in [2.45, 2.75) is 26.2 Å². The number of nitro groups is 1. The molecule has 10 nitrogen and oxygen atoms in total. The van der Waals surface area contributed by atoms with Gasteiger partial charge in [-0.15, -0.1) is 0 Å². The van der Waals surface area contributed by atoms with Crippen LogP contribution in [0, 0.1) is 15.9 Å². The number of rotatable bonds is 6. The Morgan fingerprint density at radius 3 is 2.68 bits per heavy atom. The van der Waals surface area contributed by atoms with E-state index in [1.807, 2.05) is 31.2 Å². The van der Waals surface area contributed by atoms with Crippen LogP contribution < -0.4 is 14.2 Å². The molecule has 4 aromatic rings. The van der Waals surface area contributed by atoms with Crippen LogP contribution in [0.1, 0.15) is 12.7 Å². The third-order valence-corrected chi connectivity index (χ3v) is 4.83. The van der Waals surface area contributed by atoms with Crippen LogP contribution in [0.5, 0.6) is 17.5 Å². The smallest absolute Gasteiger partial charge is 0.414 e. The topological polar surface area (TPSA) is 115 Å². The predicted molar refractivity (Wildman–Crippen MR) is 118 cm³/mol. The van der Waals surface area contributed by atoms with Crippen LogP contribution in [0.2, 0.25) is 0 Å². The van der Waals surface area contributed by atoms with E-state index in [1.54, 1.807) is 35.9 Å². The van der Waals surface area contributed by atoms with E-state index in [0.29, 0.717) is 24.0 Å². The number of halogens is 1. The van der Waals surface area contributed by atoms with Crippen LogP contribution in [0.4, 0.5) is 10.2 Å². The maximum absolute atomic E-state index is 13.5. The molecular weight excluding hydrogens is 447 g/mol. The van der Waals surface area contributed by atoms with E-state index >= 15 is 0 Å². The van der Waals surface area contributed by atoms with Crippen LogP contribution in [0.25, 0.3) is 11.3 Å². The molecule has 34 heavy (non-hydrogen) atoms. The van der Waals surface area contributed by atoms with Crippen molar-refractivity contribution < 1.29 is 28.0 Å². The van der Waals surface area contributed by atoms with E-state index in [9.17, 15) is 14.5 Å². The number of benzene rings is 2. The molecule has 1 aliphatic heterocycles. The number of methoxy groups -OCH3 is 1. The highest BCUT2D eigenvalue weighted by Crippen LogP contribution is 2.25. The van der Waals surface area contributed by atoms with Crippen LogP contribution in [-0.4, -0.2) is 32.8 Å². The lowest BCUT2D eigenvalue weighted by atomic mass is 10.1. The molecular formula is C23H21FN4O6. The highest BCUT2D eigenvalue weighted by molar-refractivity contribution is 5.59. The molecule has 0 saturated heterocycles. The maximum Gasteiger partial charge on any atom is 0.414 e. The fraction of sp³-hybridized carbons (Fsp3) is 0.217. The van der Waals surface area contributed by atoms with Crippen LogP contribution >= 0.6 is 0 Å². The van der Waals surface area contributed by atoms with Crippen molar-refractivity contribution in [2.75, 3.05) is 7.11 Å². The molecule has 2 aromatic heterocycles. The summed E-state index contributed by atoms with van der Waals surface area (Å²) in [5.41, 5.74) is 1.59. The Kier molecular flexibility index (Phi) is 6.72. The summed E-state index contributed by atoms with van der Waals surface area (Å²) in [5.74, 6) is 0.920. The molecule has 0 spiro atoms. The first-order chi connectivity index (χ1) is 16.4. The molecule has 0 aliphatic carbocycles. The molecule has 3 heterocycles. The van der Waals surface area contributed by atoms with Crippen molar-refractivity contribution >= 4 is 5.82 Å². The number of imidazole rings is 1. The number of hydrogen-bond donors (Lipinski definition) is 0. The Morgan fingerprint density at radius 1 is 1.24 bits per heavy atom. The number of aromatic nitrogens is 3. The summed E-state index contributed by atoms with van der Waals surface area (Å²) < 4.78 is 36.0. The van der Waals surface area contributed by atoms with Crippen LogP contribution in [0.15, 0.2) is 65.3 Å². The molecule has 1 atom stereocenters. The van der Waals surface area contributed by atoms with Crippen molar-refractivity contribution in [1.29, 1.82) is 0 Å². The van der Waals surface area contributed by atoms with Gasteiger partial charge < -0.3 is 28.8 Å². The standard InChI is InChI=1S/C17H14FNO3.C6H7N3O3/c1-20-13-8-6-12(7-9-13)16-10-14(22-19-16)11-21-17-5-3-2-4-15(17)18;1-4-2-8-3-5(9(10)11)7-6(8)12-4/h2-10H,11H2,1H3;3-4H,2H2,1H3. The third-order valence-electron chi connectivity index (χ3n) is 4.83. The second kappa shape index (κ2) is 10.0. The second-order valence-electron chi connectivity index (χ2n) is 7.35. The second-order valence-corrected chi connectivity index (χ2v) is 7.35. The van der Waals surface area contributed by atoms with Gasteiger partial charge in [-0.25, -0.2) is 4.39 Å². The van der Waals surface area contributed by atoms with E-state index in [2.05, 4.69) is 10.1 Å². The van der Waals surface area contributed by atoms with Crippen LogP contribution in [-0.2, 0) is 13.2 Å². The van der Waals surface area contributed by atoms with Gasteiger partial charge in [-0.05, 0) is 48.2 Å². The van der Waals surface area contributed by atoms with E-state index < -0.39 is 10.7 Å². The summed E-state index contributed by atoms with van der Waals surface area (Å²) in [6.07, 6.45) is 1.45. The van der Waals surface area contributed by atoms with E-state index in [1.165, 1.54) is 12.3 Å². The number of fused-ring (bicyclic) bond motifs is 1. The fourth-order valence-electron chi connectivity index (χ4n) is 3.18. The van der Waals surface area contributed by atoms with Gasteiger partial charge in [-0.1, -0.05) is 17.3 Å². The Labute approximate surface area is 193 Å². The zero-order valence-corrected chi connectivity index (χ0v) is 18.4. The monoisotopic (exact) mass is 468 g/mol. The van der Waals surface area contributed by atoms with Gasteiger partial charge in [-0.3, -0.25) is 4.57 Å². The molecule has 1 aliphatic rings. The summed E-state index contributed by atoms with van der Waals surface area (Å²) >= 11 is 0. The number of para-hydroxylation sites is 1. The Balaban J connectivity index is 0.000000192. The van der Waals surface area contributed by atoms with Gasteiger partial charge >= 0.3 is 11.8 Å². The summed E-state index contributed by atoms with van der Waals surface area (Å²) in [6.45, 7) is 2.64. The largest absolute Gasteiger partial charge is 0.497 e. The summed E-state index contributed by atoms with van der Waals surface area (Å²) in [5, 5.41) is 14.2. The van der Waals surface area contributed by atoms with Gasteiger partial charge in [0.25, 0.3) is 0 Å². The first kappa shape index (κ1) is 22.8. The molecule has 5 rings (SSSR count). The zero-order chi connectivity index (χ0) is 24.1. The minimum absolute atomic E-state index is 0.0632. The van der Waals surface area contributed by atoms with Gasteiger partial charge in [-0.2, -0.15) is 0 Å². The van der Waals surface area contributed by atoms with Crippen molar-refractivity contribution in [2.24, 2.45) is 0 Å². The summed E-state index contributed by atoms with van der Waals surface area (Å²) in [7, 11) is 1.61. The lowest BCUT2D eigenvalue weighted by molar-refractivity contribution is -0.389.